The van der Waals surface area contributed by atoms with Crippen molar-refractivity contribution in [3.8, 4) is 5.75 Å². The molecule has 0 bridgehead atoms. The molecule has 1 atom stereocenters. The minimum Gasteiger partial charge on any atom is -0.494 e. The van der Waals surface area contributed by atoms with E-state index in [1.165, 1.54) is 0 Å². The van der Waals surface area contributed by atoms with Gasteiger partial charge in [0.2, 0.25) is 0 Å². The average Bonchev–Trinajstić information content (AvgIpc) is 2.79. The largest absolute Gasteiger partial charge is 0.494 e. The van der Waals surface area contributed by atoms with E-state index < -0.39 is 24.0 Å². The number of amides is 2. The first-order valence-electron chi connectivity index (χ1n) is 10.5. The Morgan fingerprint density at radius 1 is 1.06 bits per heavy atom. The fourth-order valence-corrected chi connectivity index (χ4v) is 3.22. The van der Waals surface area contributed by atoms with Gasteiger partial charge in [0.05, 0.1) is 30.5 Å². The molecule has 33 heavy (non-hydrogen) atoms. The van der Waals surface area contributed by atoms with Crippen molar-refractivity contribution < 1.29 is 28.6 Å². The number of hydrogen-bond donors (Lipinski definition) is 3. The second-order valence-electron chi connectivity index (χ2n) is 6.99. The van der Waals surface area contributed by atoms with Crippen LogP contribution >= 0.6 is 0 Å². The highest BCUT2D eigenvalue weighted by molar-refractivity contribution is 5.96. The smallest absolute Gasteiger partial charge is 0.342 e. The van der Waals surface area contributed by atoms with Crippen LogP contribution in [0.15, 0.2) is 53.9 Å². The molecule has 2 aromatic rings. The van der Waals surface area contributed by atoms with E-state index in [9.17, 15) is 14.4 Å². The van der Waals surface area contributed by atoms with Crippen molar-refractivity contribution >= 4 is 29.5 Å². The minimum atomic E-state index is -0.673. The van der Waals surface area contributed by atoms with Gasteiger partial charge in [0.1, 0.15) is 23.7 Å². The molecule has 2 heterocycles. The number of nitrogens with one attached hydrogen (secondary N) is 3. The van der Waals surface area contributed by atoms with Crippen molar-refractivity contribution in [3.05, 3.63) is 59.4 Å². The molecule has 2 amide bonds. The molecule has 10 heteroatoms. The van der Waals surface area contributed by atoms with Gasteiger partial charge in [0.25, 0.3) is 0 Å². The normalized spacial score (nSPS) is 15.2. The molecule has 1 aliphatic heterocycles. The zero-order valence-electron chi connectivity index (χ0n) is 18.6. The van der Waals surface area contributed by atoms with Crippen molar-refractivity contribution in [2.24, 2.45) is 0 Å². The van der Waals surface area contributed by atoms with E-state index in [0.717, 1.165) is 5.75 Å². The van der Waals surface area contributed by atoms with E-state index in [1.807, 2.05) is 6.92 Å². The summed E-state index contributed by atoms with van der Waals surface area (Å²) >= 11 is 0. The predicted molar refractivity (Wildman–Crippen MR) is 120 cm³/mol. The highest BCUT2D eigenvalue weighted by Crippen LogP contribution is 2.22. The van der Waals surface area contributed by atoms with E-state index in [1.54, 1.807) is 56.4 Å². The van der Waals surface area contributed by atoms with Gasteiger partial charge >= 0.3 is 18.0 Å². The van der Waals surface area contributed by atoms with Crippen molar-refractivity contribution in [2.45, 2.75) is 26.8 Å². The zero-order valence-corrected chi connectivity index (χ0v) is 18.6. The molecule has 1 aromatic carbocycles. The minimum absolute atomic E-state index is 0.169. The van der Waals surface area contributed by atoms with E-state index in [0.29, 0.717) is 18.1 Å². The third kappa shape index (κ3) is 6.00. The van der Waals surface area contributed by atoms with E-state index in [2.05, 4.69) is 20.9 Å². The first-order valence-corrected chi connectivity index (χ1v) is 10.5. The van der Waals surface area contributed by atoms with Gasteiger partial charge in [0, 0.05) is 11.9 Å². The molecule has 0 saturated heterocycles. The standard InChI is InChI=1S/C23H26N4O6/c1-4-31-16-10-8-15(9-11-16)26-20-17(7-6-12-24-20)21(28)33-13-18-19(22(29)32-5-2)14(3)25-23(30)27-18/h6-12,14H,4-5,13H2,1-3H3,(H,24,26)(H2,25,27,30). The number of urea groups is 1. The van der Waals surface area contributed by atoms with Crippen LogP contribution < -0.4 is 20.7 Å². The summed E-state index contributed by atoms with van der Waals surface area (Å²) in [6, 6.07) is 9.29. The quantitative estimate of drug-likeness (QED) is 0.494. The second kappa shape index (κ2) is 11.0. The summed E-state index contributed by atoms with van der Waals surface area (Å²) in [5.41, 5.74) is 1.27. The van der Waals surface area contributed by atoms with Gasteiger partial charge in [0.15, 0.2) is 0 Å². The molecule has 0 aliphatic carbocycles. The number of hydrogen-bond acceptors (Lipinski definition) is 8. The molecule has 3 rings (SSSR count). The molecule has 0 spiro atoms. The number of carbonyl (C=O) groups is 3. The van der Waals surface area contributed by atoms with Crippen LogP contribution in [0.3, 0.4) is 0 Å². The molecular weight excluding hydrogens is 428 g/mol. The third-order valence-corrected chi connectivity index (χ3v) is 4.67. The summed E-state index contributed by atoms with van der Waals surface area (Å²) in [4.78, 5) is 41.2. The van der Waals surface area contributed by atoms with Gasteiger partial charge in [-0.2, -0.15) is 0 Å². The Bertz CT molecular complexity index is 1050. The Balaban J connectivity index is 1.75. The number of pyridine rings is 1. The fourth-order valence-electron chi connectivity index (χ4n) is 3.22. The molecular formula is C23H26N4O6. The Morgan fingerprint density at radius 2 is 1.82 bits per heavy atom. The molecule has 3 N–H and O–H groups in total. The Hall–Kier alpha value is -4.08. The summed E-state index contributed by atoms with van der Waals surface area (Å²) in [5.74, 6) is -0.239. The Labute approximate surface area is 191 Å². The average molecular weight is 454 g/mol. The maximum atomic E-state index is 12.8. The third-order valence-electron chi connectivity index (χ3n) is 4.67. The van der Waals surface area contributed by atoms with Crippen LogP contribution in [-0.2, 0) is 14.3 Å². The highest BCUT2D eigenvalue weighted by atomic mass is 16.5. The van der Waals surface area contributed by atoms with Crippen LogP contribution in [0.2, 0.25) is 0 Å². The molecule has 10 nitrogen and oxygen atoms in total. The monoisotopic (exact) mass is 454 g/mol. The van der Waals surface area contributed by atoms with Crippen LogP contribution in [0.5, 0.6) is 5.75 Å². The van der Waals surface area contributed by atoms with Crippen LogP contribution in [0, 0.1) is 0 Å². The molecule has 0 fully saturated rings. The van der Waals surface area contributed by atoms with Crippen molar-refractivity contribution in [1.29, 1.82) is 0 Å². The molecule has 174 valence electrons. The number of rotatable bonds is 9. The number of carbonyl (C=O) groups excluding carboxylic acids is 3. The summed E-state index contributed by atoms with van der Waals surface area (Å²) < 4.78 is 15.9. The van der Waals surface area contributed by atoms with Gasteiger partial charge in [-0.05, 0) is 57.2 Å². The topological polar surface area (TPSA) is 128 Å². The lowest BCUT2D eigenvalue weighted by atomic mass is 10.0. The van der Waals surface area contributed by atoms with Crippen LogP contribution in [-0.4, -0.2) is 48.8 Å². The first-order chi connectivity index (χ1) is 15.9. The summed E-state index contributed by atoms with van der Waals surface area (Å²) in [7, 11) is 0. The number of benzene rings is 1. The predicted octanol–water partition coefficient (Wildman–Crippen LogP) is 2.90. The SMILES string of the molecule is CCOC(=O)C1=C(COC(=O)c2cccnc2Nc2ccc(OCC)cc2)NC(=O)NC1C. The lowest BCUT2D eigenvalue weighted by Crippen LogP contribution is -2.50. The van der Waals surface area contributed by atoms with Gasteiger partial charge in [-0.3, -0.25) is 0 Å². The van der Waals surface area contributed by atoms with Crippen molar-refractivity contribution in [1.82, 2.24) is 15.6 Å². The first kappa shape index (κ1) is 23.6. The zero-order chi connectivity index (χ0) is 23.8. The molecule has 1 aliphatic rings. The summed E-state index contributed by atoms with van der Waals surface area (Å²) in [6.07, 6.45) is 1.55. The molecule has 1 unspecified atom stereocenters. The maximum Gasteiger partial charge on any atom is 0.342 e. The number of aromatic nitrogens is 1. The van der Waals surface area contributed by atoms with Crippen LogP contribution in [0.25, 0.3) is 0 Å². The van der Waals surface area contributed by atoms with Crippen LogP contribution in [0.1, 0.15) is 31.1 Å². The number of anilines is 2. The number of ether oxygens (including phenoxy) is 3. The van der Waals surface area contributed by atoms with Crippen molar-refractivity contribution in [3.63, 3.8) is 0 Å². The molecule has 0 radical (unpaired) electrons. The summed E-state index contributed by atoms with van der Waals surface area (Å²) in [6.45, 7) is 5.65. The summed E-state index contributed by atoms with van der Waals surface area (Å²) in [5, 5.41) is 8.19. The van der Waals surface area contributed by atoms with Gasteiger partial charge in [-0.25, -0.2) is 19.4 Å². The number of nitrogens with zero attached hydrogens (tertiary/aromatic N) is 1. The second-order valence-corrected chi connectivity index (χ2v) is 6.99. The van der Waals surface area contributed by atoms with E-state index in [-0.39, 0.29) is 30.0 Å². The fraction of sp³-hybridized carbons (Fsp3) is 0.304. The maximum absolute atomic E-state index is 12.8. The van der Waals surface area contributed by atoms with Gasteiger partial charge < -0.3 is 30.2 Å². The van der Waals surface area contributed by atoms with E-state index in [4.69, 9.17) is 14.2 Å². The lowest BCUT2D eigenvalue weighted by Gasteiger charge is -2.26. The Morgan fingerprint density at radius 3 is 2.52 bits per heavy atom. The van der Waals surface area contributed by atoms with Gasteiger partial charge in [-0.15, -0.1) is 0 Å². The molecule has 0 saturated carbocycles. The lowest BCUT2D eigenvalue weighted by molar-refractivity contribution is -0.139. The van der Waals surface area contributed by atoms with Gasteiger partial charge in [-0.1, -0.05) is 0 Å². The van der Waals surface area contributed by atoms with E-state index >= 15 is 0 Å². The number of esters is 2. The Kier molecular flexibility index (Phi) is 7.85. The highest BCUT2D eigenvalue weighted by Gasteiger charge is 2.30. The van der Waals surface area contributed by atoms with Crippen LogP contribution in [0.4, 0.5) is 16.3 Å². The molecule has 1 aromatic heterocycles. The van der Waals surface area contributed by atoms with Crippen molar-refractivity contribution in [2.75, 3.05) is 25.1 Å².